The van der Waals surface area contributed by atoms with Crippen molar-refractivity contribution in [3.8, 4) is 0 Å². The molecule has 0 aromatic carbocycles. The Hall–Kier alpha value is -0.880. The fraction of sp³-hybridized carbons (Fsp3) is 0.667. The molecule has 0 radical (unpaired) electrons. The van der Waals surface area contributed by atoms with Crippen molar-refractivity contribution < 1.29 is 18.3 Å². The molecule has 0 amide bonds. The highest BCUT2D eigenvalue weighted by Crippen LogP contribution is 2.30. The lowest BCUT2D eigenvalue weighted by atomic mass is 10.4. The second-order valence-electron chi connectivity index (χ2n) is 3.70. The van der Waals surface area contributed by atoms with Crippen LogP contribution in [0, 0.1) is 5.92 Å². The molecule has 0 spiro atoms. The fourth-order valence-corrected chi connectivity index (χ4v) is 2.52. The highest BCUT2D eigenvalue weighted by atomic mass is 32.2. The zero-order valence-electron chi connectivity index (χ0n) is 8.42. The molecule has 0 aromatic rings. The third-order valence-corrected chi connectivity index (χ3v) is 3.91. The van der Waals surface area contributed by atoms with Gasteiger partial charge in [0.15, 0.2) is 0 Å². The first kappa shape index (κ1) is 12.2. The van der Waals surface area contributed by atoms with Crippen molar-refractivity contribution in [2.24, 2.45) is 5.92 Å². The molecule has 1 aliphatic rings. The van der Waals surface area contributed by atoms with Gasteiger partial charge in [-0.25, -0.2) is 8.42 Å². The number of nitrogens with zero attached hydrogens (tertiary/aromatic N) is 1. The first-order chi connectivity index (χ1) is 6.95. The predicted octanol–water partition coefficient (Wildman–Crippen LogP) is 0.299. The molecule has 0 atom stereocenters. The second kappa shape index (κ2) is 4.76. The van der Waals surface area contributed by atoms with Crippen LogP contribution in [-0.2, 0) is 14.8 Å². The molecule has 0 unspecified atom stereocenters. The summed E-state index contributed by atoms with van der Waals surface area (Å²) in [5.41, 5.74) is 0. The fourth-order valence-electron chi connectivity index (χ4n) is 1.27. The predicted molar refractivity (Wildman–Crippen MR) is 55.9 cm³/mol. The first-order valence-corrected chi connectivity index (χ1v) is 6.37. The van der Waals surface area contributed by atoms with Crippen LogP contribution in [-0.4, -0.2) is 42.6 Å². The van der Waals surface area contributed by atoms with Crippen LogP contribution < -0.4 is 0 Å². The molecule has 0 aromatic heterocycles. The van der Waals surface area contributed by atoms with Crippen molar-refractivity contribution in [2.75, 3.05) is 18.8 Å². The lowest BCUT2D eigenvalue weighted by Gasteiger charge is -2.18. The number of rotatable bonds is 7. The molecule has 1 saturated carbocycles. The van der Waals surface area contributed by atoms with Crippen LogP contribution in [0.5, 0.6) is 0 Å². The largest absolute Gasteiger partial charge is 0.480 e. The molecular weight excluding hydrogens is 218 g/mol. The number of carbonyl (C=O) groups is 1. The number of sulfonamides is 1. The number of aliphatic carboxylic acids is 1. The summed E-state index contributed by atoms with van der Waals surface area (Å²) in [6.07, 6.45) is 3.25. The van der Waals surface area contributed by atoms with Crippen molar-refractivity contribution in [3.05, 3.63) is 12.7 Å². The van der Waals surface area contributed by atoms with Gasteiger partial charge in [0.2, 0.25) is 10.0 Å². The zero-order valence-corrected chi connectivity index (χ0v) is 9.24. The Morgan fingerprint density at radius 2 is 2.13 bits per heavy atom. The molecule has 0 saturated heterocycles. The van der Waals surface area contributed by atoms with E-state index in [4.69, 9.17) is 5.11 Å². The molecule has 86 valence electrons. The smallest absolute Gasteiger partial charge is 0.318 e. The standard InChI is InChI=1S/C9H15NO4S/c1-2-5-15(13,14)10(7-9(11)12)6-8-3-4-8/h2,8H,1,3-7H2,(H,11,12). The zero-order chi connectivity index (χ0) is 11.5. The van der Waals surface area contributed by atoms with Gasteiger partial charge >= 0.3 is 5.97 Å². The summed E-state index contributed by atoms with van der Waals surface area (Å²) < 4.78 is 24.3. The Balaban J connectivity index is 2.68. The third kappa shape index (κ3) is 4.01. The van der Waals surface area contributed by atoms with Crippen LogP contribution in [0.4, 0.5) is 0 Å². The van der Waals surface area contributed by atoms with Crippen molar-refractivity contribution in [2.45, 2.75) is 12.8 Å². The molecule has 15 heavy (non-hydrogen) atoms. The molecular formula is C9H15NO4S. The van der Waals surface area contributed by atoms with Crippen LogP contribution in [0.25, 0.3) is 0 Å². The van der Waals surface area contributed by atoms with Crippen molar-refractivity contribution >= 4 is 16.0 Å². The van der Waals surface area contributed by atoms with Gasteiger partial charge in [-0.05, 0) is 18.8 Å². The number of carboxylic acid groups (broad SMARTS) is 1. The Morgan fingerprint density at radius 1 is 1.53 bits per heavy atom. The molecule has 0 heterocycles. The minimum atomic E-state index is -3.49. The monoisotopic (exact) mass is 233 g/mol. The summed E-state index contributed by atoms with van der Waals surface area (Å²) in [5, 5.41) is 8.62. The van der Waals surface area contributed by atoms with Crippen molar-refractivity contribution in [1.29, 1.82) is 0 Å². The van der Waals surface area contributed by atoms with E-state index in [1.807, 2.05) is 0 Å². The molecule has 0 aliphatic heterocycles. The van der Waals surface area contributed by atoms with Crippen LogP contribution in [0.3, 0.4) is 0 Å². The van der Waals surface area contributed by atoms with E-state index in [1.54, 1.807) is 0 Å². The van der Waals surface area contributed by atoms with E-state index in [0.29, 0.717) is 12.5 Å². The summed E-state index contributed by atoms with van der Waals surface area (Å²) >= 11 is 0. The van der Waals surface area contributed by atoms with Crippen molar-refractivity contribution in [1.82, 2.24) is 4.31 Å². The van der Waals surface area contributed by atoms with E-state index >= 15 is 0 Å². The first-order valence-electron chi connectivity index (χ1n) is 4.76. The minimum Gasteiger partial charge on any atom is -0.480 e. The normalized spacial score (nSPS) is 16.6. The van der Waals surface area contributed by atoms with E-state index in [0.717, 1.165) is 17.1 Å². The Bertz CT molecular complexity index is 345. The van der Waals surface area contributed by atoms with Crippen molar-refractivity contribution in [3.63, 3.8) is 0 Å². The average molecular weight is 233 g/mol. The maximum Gasteiger partial charge on any atom is 0.318 e. The molecule has 1 rings (SSSR count). The van der Waals surface area contributed by atoms with E-state index in [9.17, 15) is 13.2 Å². The van der Waals surface area contributed by atoms with Gasteiger partial charge in [0, 0.05) is 6.54 Å². The summed E-state index contributed by atoms with van der Waals surface area (Å²) in [7, 11) is -3.49. The molecule has 1 aliphatic carbocycles. The van der Waals surface area contributed by atoms with Gasteiger partial charge in [0.25, 0.3) is 0 Å². The van der Waals surface area contributed by atoms with Crippen LogP contribution in [0.2, 0.25) is 0 Å². The van der Waals surface area contributed by atoms with Gasteiger partial charge in [0.1, 0.15) is 6.54 Å². The molecule has 5 nitrogen and oxygen atoms in total. The van der Waals surface area contributed by atoms with Crippen LogP contribution in [0.15, 0.2) is 12.7 Å². The van der Waals surface area contributed by atoms with Crippen LogP contribution >= 0.6 is 0 Å². The summed E-state index contributed by atoms with van der Waals surface area (Å²) in [6, 6.07) is 0. The Kier molecular flexibility index (Phi) is 3.87. The Morgan fingerprint density at radius 3 is 2.53 bits per heavy atom. The highest BCUT2D eigenvalue weighted by molar-refractivity contribution is 7.89. The topological polar surface area (TPSA) is 74.7 Å². The maximum atomic E-state index is 11.6. The lowest BCUT2D eigenvalue weighted by Crippen LogP contribution is -2.38. The highest BCUT2D eigenvalue weighted by Gasteiger charge is 2.31. The minimum absolute atomic E-state index is 0.201. The maximum absolute atomic E-state index is 11.6. The summed E-state index contributed by atoms with van der Waals surface area (Å²) in [5.74, 6) is -0.986. The van der Waals surface area contributed by atoms with Gasteiger partial charge in [-0.1, -0.05) is 6.08 Å². The third-order valence-electron chi connectivity index (χ3n) is 2.19. The molecule has 0 bridgehead atoms. The van der Waals surface area contributed by atoms with Gasteiger partial charge in [-0.15, -0.1) is 6.58 Å². The molecule has 1 fully saturated rings. The average Bonchev–Trinajstić information content (AvgIpc) is 2.86. The van der Waals surface area contributed by atoms with Crippen LogP contribution in [0.1, 0.15) is 12.8 Å². The molecule has 6 heteroatoms. The van der Waals surface area contributed by atoms with Gasteiger partial charge in [-0.3, -0.25) is 4.79 Å². The summed E-state index contributed by atoms with van der Waals surface area (Å²) in [6.45, 7) is 3.22. The van der Waals surface area contributed by atoms with E-state index < -0.39 is 22.5 Å². The van der Waals surface area contributed by atoms with Gasteiger partial charge in [-0.2, -0.15) is 4.31 Å². The number of carboxylic acids is 1. The van der Waals surface area contributed by atoms with Gasteiger partial charge in [0.05, 0.1) is 5.75 Å². The van der Waals surface area contributed by atoms with E-state index in [2.05, 4.69) is 6.58 Å². The second-order valence-corrected chi connectivity index (χ2v) is 5.71. The summed E-state index contributed by atoms with van der Waals surface area (Å²) in [4.78, 5) is 10.5. The van der Waals surface area contributed by atoms with Gasteiger partial charge < -0.3 is 5.11 Å². The quantitative estimate of drug-likeness (QED) is 0.642. The number of hydrogen-bond donors (Lipinski definition) is 1. The number of hydrogen-bond acceptors (Lipinski definition) is 3. The Labute approximate surface area is 89.4 Å². The lowest BCUT2D eigenvalue weighted by molar-refractivity contribution is -0.137. The SMILES string of the molecule is C=CCS(=O)(=O)N(CC(=O)O)CC1CC1. The van der Waals surface area contributed by atoms with E-state index in [1.165, 1.54) is 6.08 Å². The van der Waals surface area contributed by atoms with E-state index in [-0.39, 0.29) is 5.75 Å². The molecule has 1 N–H and O–H groups in total.